The number of nitrogens with zero attached hydrogens (tertiary/aromatic N) is 1. The molecule has 1 saturated carbocycles. The highest BCUT2D eigenvalue weighted by Crippen LogP contribution is 2.64. The van der Waals surface area contributed by atoms with Crippen LogP contribution in [0.2, 0.25) is 0 Å². The fourth-order valence-corrected chi connectivity index (χ4v) is 5.87. The van der Waals surface area contributed by atoms with E-state index in [9.17, 15) is 15.1 Å². The van der Waals surface area contributed by atoms with Crippen molar-refractivity contribution in [2.24, 2.45) is 0 Å². The summed E-state index contributed by atoms with van der Waals surface area (Å²) in [6, 6.07) is 3.80. The molecule has 122 valence electrons. The summed E-state index contributed by atoms with van der Waals surface area (Å²) in [5.74, 6) is 0.889. The molecule has 1 saturated heterocycles. The molecule has 1 unspecified atom stereocenters. The molecule has 23 heavy (non-hydrogen) atoms. The van der Waals surface area contributed by atoms with Crippen molar-refractivity contribution >= 4 is 5.78 Å². The first-order valence-electron chi connectivity index (χ1n) is 8.44. The van der Waals surface area contributed by atoms with E-state index in [0.29, 0.717) is 32.2 Å². The van der Waals surface area contributed by atoms with Crippen LogP contribution in [0.15, 0.2) is 12.1 Å². The van der Waals surface area contributed by atoms with E-state index >= 15 is 0 Å². The quantitative estimate of drug-likeness (QED) is 0.707. The Morgan fingerprint density at radius 2 is 2.13 bits per heavy atom. The average Bonchev–Trinajstić information content (AvgIpc) is 2.86. The first-order chi connectivity index (χ1) is 10.8. The number of ketones is 1. The van der Waals surface area contributed by atoms with Crippen molar-refractivity contribution in [2.45, 2.75) is 55.8 Å². The number of likely N-dealkylation sites (tertiary alicyclic amines) is 1. The van der Waals surface area contributed by atoms with Crippen LogP contribution in [0.4, 0.5) is 0 Å². The van der Waals surface area contributed by atoms with Crippen LogP contribution in [0.5, 0.6) is 5.75 Å². The minimum atomic E-state index is -1.08. The Labute approximate surface area is 135 Å². The third-order valence-corrected chi connectivity index (χ3v) is 6.98. The lowest BCUT2D eigenvalue weighted by molar-refractivity contribution is -1.12. The molecule has 2 heterocycles. The van der Waals surface area contributed by atoms with Crippen molar-refractivity contribution < 1.29 is 24.5 Å². The van der Waals surface area contributed by atoms with E-state index in [4.69, 9.17) is 4.74 Å². The summed E-state index contributed by atoms with van der Waals surface area (Å²) in [6.07, 6.45) is 1.34. The zero-order valence-electron chi connectivity index (χ0n) is 13.5. The first kappa shape index (κ1) is 14.0. The zero-order chi connectivity index (χ0) is 16.2. The molecule has 5 atom stereocenters. The molecule has 0 aromatic heterocycles. The number of piperidine rings is 1. The van der Waals surface area contributed by atoms with Gasteiger partial charge in [-0.25, -0.2) is 5.21 Å². The minimum Gasteiger partial charge on any atom is -0.481 e. The first-order valence-corrected chi connectivity index (χ1v) is 8.44. The van der Waals surface area contributed by atoms with Gasteiger partial charge in [-0.15, -0.1) is 0 Å². The van der Waals surface area contributed by atoms with Crippen molar-refractivity contribution in [1.82, 2.24) is 0 Å². The standard InChI is InChI=1S/C18H22NO4/c1-10-3-4-11-9-13-18(21)6-5-12(20)16-17(18,7-8-19(13,2)22)14(11)15(10)23-16/h3-4,13,16,21-22H,5-9H2,1-2H3/q+1/t13?,16-,17-,18+,19+/m0/s1. The molecule has 1 spiro atoms. The van der Waals surface area contributed by atoms with Gasteiger partial charge in [-0.1, -0.05) is 12.1 Å². The molecular weight excluding hydrogens is 294 g/mol. The third-order valence-electron chi connectivity index (χ3n) is 6.98. The van der Waals surface area contributed by atoms with Crippen LogP contribution in [0.1, 0.15) is 36.0 Å². The topological polar surface area (TPSA) is 66.8 Å². The highest BCUT2D eigenvalue weighted by Gasteiger charge is 2.76. The van der Waals surface area contributed by atoms with E-state index in [-0.39, 0.29) is 16.5 Å². The summed E-state index contributed by atoms with van der Waals surface area (Å²) in [4.78, 5) is 12.6. The van der Waals surface area contributed by atoms with Gasteiger partial charge in [0, 0.05) is 24.8 Å². The Balaban J connectivity index is 1.88. The maximum Gasteiger partial charge on any atom is 0.174 e. The number of hydrogen-bond acceptors (Lipinski definition) is 4. The largest absolute Gasteiger partial charge is 0.481 e. The normalized spacial score (nSPS) is 46.3. The maximum absolute atomic E-state index is 12.6. The number of hydroxylamine groups is 3. The second-order valence-electron chi connectivity index (χ2n) is 8.01. The molecule has 0 amide bonds. The summed E-state index contributed by atoms with van der Waals surface area (Å²) in [6.45, 7) is 2.53. The van der Waals surface area contributed by atoms with Gasteiger partial charge in [-0.3, -0.25) is 4.79 Å². The predicted octanol–water partition coefficient (Wildman–Crippen LogP) is 1.25. The molecule has 2 bridgehead atoms. The molecule has 5 rings (SSSR count). The molecular formula is C18H22NO4+. The fourth-order valence-electron chi connectivity index (χ4n) is 5.87. The van der Waals surface area contributed by atoms with Crippen LogP contribution < -0.4 is 4.74 Å². The molecule has 4 aliphatic rings. The molecule has 2 N–H and O–H groups in total. The number of quaternary nitrogens is 1. The van der Waals surface area contributed by atoms with Crippen LogP contribution in [0.25, 0.3) is 0 Å². The van der Waals surface area contributed by atoms with Gasteiger partial charge >= 0.3 is 0 Å². The van der Waals surface area contributed by atoms with Crippen molar-refractivity contribution in [3.63, 3.8) is 0 Å². The highest BCUT2D eigenvalue weighted by atomic mass is 16.6. The zero-order valence-corrected chi connectivity index (χ0v) is 13.5. The van der Waals surface area contributed by atoms with Crippen LogP contribution in [-0.4, -0.2) is 52.1 Å². The molecule has 2 fully saturated rings. The summed E-state index contributed by atoms with van der Waals surface area (Å²) >= 11 is 0. The Morgan fingerprint density at radius 1 is 1.35 bits per heavy atom. The number of benzene rings is 1. The van der Waals surface area contributed by atoms with Crippen LogP contribution in [-0.2, 0) is 16.6 Å². The molecule has 5 heteroatoms. The van der Waals surface area contributed by atoms with E-state index < -0.39 is 17.1 Å². The second-order valence-corrected chi connectivity index (χ2v) is 8.01. The number of likely N-dealkylation sites (N-methyl/N-ethyl adjacent to an activating group) is 1. The van der Waals surface area contributed by atoms with Gasteiger partial charge in [0.15, 0.2) is 17.9 Å². The molecule has 2 aliphatic heterocycles. The molecule has 1 aromatic rings. The van der Waals surface area contributed by atoms with Crippen molar-refractivity contribution in [3.05, 3.63) is 28.8 Å². The summed E-state index contributed by atoms with van der Waals surface area (Å²) in [7, 11) is 1.77. The highest BCUT2D eigenvalue weighted by molar-refractivity contribution is 5.89. The Bertz CT molecular complexity index is 758. The molecule has 0 radical (unpaired) electrons. The average molecular weight is 316 g/mol. The van der Waals surface area contributed by atoms with Gasteiger partial charge < -0.3 is 9.84 Å². The predicted molar refractivity (Wildman–Crippen MR) is 81.4 cm³/mol. The number of Topliss-reactive ketones (excluding diaryl/α,β-unsaturated/α-hetero) is 1. The van der Waals surface area contributed by atoms with Crippen molar-refractivity contribution in [2.75, 3.05) is 13.6 Å². The smallest absolute Gasteiger partial charge is 0.174 e. The maximum atomic E-state index is 12.6. The number of ether oxygens (including phenoxy) is 1. The van der Waals surface area contributed by atoms with Crippen molar-refractivity contribution in [1.29, 1.82) is 0 Å². The summed E-state index contributed by atoms with van der Waals surface area (Å²) in [5.41, 5.74) is 1.43. The monoisotopic (exact) mass is 316 g/mol. The molecule has 2 aliphatic carbocycles. The van der Waals surface area contributed by atoms with Gasteiger partial charge in [0.1, 0.15) is 17.9 Å². The third kappa shape index (κ3) is 1.31. The Morgan fingerprint density at radius 3 is 2.91 bits per heavy atom. The van der Waals surface area contributed by atoms with Crippen LogP contribution >= 0.6 is 0 Å². The lowest BCUT2D eigenvalue weighted by Gasteiger charge is -2.61. The van der Waals surface area contributed by atoms with E-state index in [2.05, 4.69) is 6.07 Å². The van der Waals surface area contributed by atoms with Gasteiger partial charge in [-0.2, -0.15) is 4.65 Å². The SMILES string of the molecule is Cc1ccc2c3c1O[C@H]1C(=O)CC[C@@]4(O)C(C2)[N@+](C)(O)CC[C@]314. The number of aryl methyl sites for hydroxylation is 1. The van der Waals surface area contributed by atoms with E-state index in [1.54, 1.807) is 7.05 Å². The Hall–Kier alpha value is -1.43. The molecule has 5 nitrogen and oxygen atoms in total. The Kier molecular flexibility index (Phi) is 2.30. The number of rotatable bonds is 0. The lowest BCUT2D eigenvalue weighted by atomic mass is 9.49. The summed E-state index contributed by atoms with van der Waals surface area (Å²) < 4.78 is 5.98. The summed E-state index contributed by atoms with van der Waals surface area (Å²) in [5, 5.41) is 22.6. The second kappa shape index (κ2) is 3.79. The molecule has 1 aromatic carbocycles. The van der Waals surface area contributed by atoms with Crippen LogP contribution in [0, 0.1) is 6.92 Å². The van der Waals surface area contributed by atoms with Gasteiger partial charge in [0.05, 0.1) is 12.5 Å². The number of hydrogen-bond donors (Lipinski definition) is 2. The van der Waals surface area contributed by atoms with E-state index in [0.717, 1.165) is 22.4 Å². The minimum absolute atomic E-state index is 0.0888. The van der Waals surface area contributed by atoms with Crippen LogP contribution in [0.3, 0.4) is 0 Å². The van der Waals surface area contributed by atoms with Gasteiger partial charge in [-0.05, 0) is 24.5 Å². The van der Waals surface area contributed by atoms with E-state index in [1.165, 1.54) is 0 Å². The number of carbonyl (C=O) groups excluding carboxylic acids is 1. The van der Waals surface area contributed by atoms with Gasteiger partial charge in [0.2, 0.25) is 0 Å². The number of aliphatic hydroxyl groups is 1. The van der Waals surface area contributed by atoms with Crippen molar-refractivity contribution in [3.8, 4) is 5.75 Å². The fraction of sp³-hybridized carbons (Fsp3) is 0.611. The number of carbonyl (C=O) groups is 1. The lowest BCUT2D eigenvalue weighted by Crippen LogP contribution is -2.80. The van der Waals surface area contributed by atoms with Gasteiger partial charge in [0.25, 0.3) is 0 Å². The van der Waals surface area contributed by atoms with E-state index in [1.807, 2.05) is 13.0 Å².